The summed E-state index contributed by atoms with van der Waals surface area (Å²) >= 11 is 0. The van der Waals surface area contributed by atoms with Crippen molar-refractivity contribution in [3.63, 3.8) is 0 Å². The summed E-state index contributed by atoms with van der Waals surface area (Å²) in [5.41, 5.74) is 2.54. The van der Waals surface area contributed by atoms with Crippen molar-refractivity contribution in [2.24, 2.45) is 0 Å². The number of rotatable bonds is 6. The summed E-state index contributed by atoms with van der Waals surface area (Å²) in [4.78, 5) is 27.0. The predicted molar refractivity (Wildman–Crippen MR) is 105 cm³/mol. The number of nitrogens with one attached hydrogen (secondary N) is 2. The van der Waals surface area contributed by atoms with Gasteiger partial charge >= 0.3 is 0 Å². The smallest absolute Gasteiger partial charge is 0.255 e. The molecule has 4 rings (SSSR count). The Bertz CT molecular complexity index is 800. The van der Waals surface area contributed by atoms with Gasteiger partial charge in [0.2, 0.25) is 5.91 Å². The molecule has 2 fully saturated rings. The first-order valence-electron chi connectivity index (χ1n) is 9.69. The van der Waals surface area contributed by atoms with E-state index in [0.717, 1.165) is 50.0 Å². The molecule has 5 heteroatoms. The van der Waals surface area contributed by atoms with E-state index in [1.54, 1.807) is 0 Å². The minimum absolute atomic E-state index is 0.0216. The molecule has 1 heterocycles. The maximum absolute atomic E-state index is 12.4. The fraction of sp³-hybridized carbons (Fsp3) is 0.364. The van der Waals surface area contributed by atoms with Crippen molar-refractivity contribution >= 4 is 17.5 Å². The summed E-state index contributed by atoms with van der Waals surface area (Å²) in [5, 5.41) is 6.02. The highest BCUT2D eigenvalue weighted by atomic mass is 16.2. The van der Waals surface area contributed by atoms with Gasteiger partial charge in [-0.25, -0.2) is 0 Å². The molecule has 2 aliphatic rings. The number of hydrogen-bond donors (Lipinski definition) is 2. The highest BCUT2D eigenvalue weighted by Gasteiger charge is 2.33. The van der Waals surface area contributed by atoms with Crippen molar-refractivity contribution in [2.75, 3.05) is 11.9 Å². The highest BCUT2D eigenvalue weighted by molar-refractivity contribution is 6.04. The van der Waals surface area contributed by atoms with E-state index in [9.17, 15) is 9.59 Å². The standard InChI is InChI=1S/C22H25N3O2/c26-21(23-18-5-2-1-3-6-18)17-10-8-16(9-11-17)15-25-14-4-7-20(25)22(27)24-19-12-13-19/h1-3,5-6,8-11,19-20H,4,7,12-15H2,(H,23,26)(H,24,27). The van der Waals surface area contributed by atoms with Gasteiger partial charge in [-0.15, -0.1) is 0 Å². The molecule has 140 valence electrons. The number of para-hydroxylation sites is 1. The summed E-state index contributed by atoms with van der Waals surface area (Å²) < 4.78 is 0. The summed E-state index contributed by atoms with van der Waals surface area (Å²) in [6.07, 6.45) is 4.21. The molecule has 2 N–H and O–H groups in total. The first-order chi connectivity index (χ1) is 13.2. The molecule has 1 unspecified atom stereocenters. The van der Waals surface area contributed by atoms with E-state index in [4.69, 9.17) is 0 Å². The second-order valence-corrected chi connectivity index (χ2v) is 7.43. The van der Waals surface area contributed by atoms with Gasteiger partial charge in [-0.3, -0.25) is 14.5 Å². The van der Waals surface area contributed by atoms with Crippen molar-refractivity contribution in [2.45, 2.75) is 44.3 Å². The average Bonchev–Trinajstić information content (AvgIpc) is 3.38. The van der Waals surface area contributed by atoms with E-state index in [2.05, 4.69) is 15.5 Å². The molecule has 2 amide bonds. The van der Waals surface area contributed by atoms with Gasteiger partial charge in [0.1, 0.15) is 0 Å². The molecule has 27 heavy (non-hydrogen) atoms. The Morgan fingerprint density at radius 3 is 2.41 bits per heavy atom. The third-order valence-electron chi connectivity index (χ3n) is 5.22. The molecule has 1 saturated heterocycles. The molecule has 0 aromatic heterocycles. The van der Waals surface area contributed by atoms with Crippen LogP contribution in [0.15, 0.2) is 54.6 Å². The zero-order valence-electron chi connectivity index (χ0n) is 15.4. The second-order valence-electron chi connectivity index (χ2n) is 7.43. The van der Waals surface area contributed by atoms with Crippen LogP contribution in [0.5, 0.6) is 0 Å². The number of benzene rings is 2. The first kappa shape index (κ1) is 17.7. The van der Waals surface area contributed by atoms with E-state index in [1.807, 2.05) is 54.6 Å². The van der Waals surface area contributed by atoms with Gasteiger partial charge in [0, 0.05) is 23.8 Å². The van der Waals surface area contributed by atoms with Crippen LogP contribution in [-0.4, -0.2) is 35.3 Å². The number of amides is 2. The highest BCUT2D eigenvalue weighted by Crippen LogP contribution is 2.24. The van der Waals surface area contributed by atoms with E-state index >= 15 is 0 Å². The van der Waals surface area contributed by atoms with Crippen LogP contribution in [-0.2, 0) is 11.3 Å². The number of carbonyl (C=O) groups is 2. The SMILES string of the molecule is O=C(Nc1ccccc1)c1ccc(CN2CCCC2C(=O)NC2CC2)cc1. The summed E-state index contributed by atoms with van der Waals surface area (Å²) in [7, 11) is 0. The van der Waals surface area contributed by atoms with Crippen LogP contribution in [0.2, 0.25) is 0 Å². The number of nitrogens with zero attached hydrogens (tertiary/aromatic N) is 1. The van der Waals surface area contributed by atoms with Crippen molar-refractivity contribution < 1.29 is 9.59 Å². The van der Waals surface area contributed by atoms with Gasteiger partial charge in [0.25, 0.3) is 5.91 Å². The lowest BCUT2D eigenvalue weighted by Crippen LogP contribution is -2.43. The van der Waals surface area contributed by atoms with Crippen LogP contribution >= 0.6 is 0 Å². The summed E-state index contributed by atoms with van der Waals surface area (Å²) in [6, 6.07) is 17.5. The minimum atomic E-state index is -0.115. The van der Waals surface area contributed by atoms with Gasteiger partial charge in [-0.2, -0.15) is 0 Å². The van der Waals surface area contributed by atoms with Gasteiger partial charge in [-0.1, -0.05) is 30.3 Å². The summed E-state index contributed by atoms with van der Waals surface area (Å²) in [6.45, 7) is 1.68. The first-order valence-corrected chi connectivity index (χ1v) is 9.69. The van der Waals surface area contributed by atoms with E-state index in [-0.39, 0.29) is 17.9 Å². The number of hydrogen-bond acceptors (Lipinski definition) is 3. The molecule has 0 spiro atoms. The van der Waals surface area contributed by atoms with Crippen LogP contribution < -0.4 is 10.6 Å². The normalized spacial score (nSPS) is 19.6. The molecule has 2 aromatic rings. The molecule has 0 radical (unpaired) electrons. The zero-order valence-corrected chi connectivity index (χ0v) is 15.4. The summed E-state index contributed by atoms with van der Waals surface area (Å²) in [5.74, 6) is 0.0597. The zero-order chi connectivity index (χ0) is 18.6. The van der Waals surface area contributed by atoms with Crippen molar-refractivity contribution in [1.29, 1.82) is 0 Å². The molecule has 1 saturated carbocycles. The molecule has 5 nitrogen and oxygen atoms in total. The van der Waals surface area contributed by atoms with E-state index in [0.29, 0.717) is 11.6 Å². The maximum Gasteiger partial charge on any atom is 0.255 e. The van der Waals surface area contributed by atoms with Gasteiger partial charge < -0.3 is 10.6 Å². The Labute approximate surface area is 159 Å². The fourth-order valence-electron chi connectivity index (χ4n) is 3.56. The molecule has 1 aliphatic carbocycles. The van der Waals surface area contributed by atoms with Crippen LogP contribution in [0.1, 0.15) is 41.6 Å². The van der Waals surface area contributed by atoms with Crippen molar-refractivity contribution in [3.05, 3.63) is 65.7 Å². The van der Waals surface area contributed by atoms with Gasteiger partial charge in [0.15, 0.2) is 0 Å². The minimum Gasteiger partial charge on any atom is -0.352 e. The molecule has 1 aliphatic heterocycles. The molecule has 1 atom stereocenters. The number of anilines is 1. The van der Waals surface area contributed by atoms with Crippen LogP contribution in [0.3, 0.4) is 0 Å². The second kappa shape index (κ2) is 7.92. The van der Waals surface area contributed by atoms with E-state index in [1.165, 1.54) is 0 Å². The van der Waals surface area contributed by atoms with Crippen LogP contribution in [0.4, 0.5) is 5.69 Å². The Balaban J connectivity index is 1.35. The third kappa shape index (κ3) is 4.55. The molecular weight excluding hydrogens is 338 g/mol. The largest absolute Gasteiger partial charge is 0.352 e. The monoisotopic (exact) mass is 363 g/mol. The Kier molecular flexibility index (Phi) is 5.21. The van der Waals surface area contributed by atoms with Crippen molar-refractivity contribution in [1.82, 2.24) is 10.2 Å². The Hall–Kier alpha value is -2.66. The number of likely N-dealkylation sites (tertiary alicyclic amines) is 1. The molecule has 0 bridgehead atoms. The fourth-order valence-corrected chi connectivity index (χ4v) is 3.56. The Morgan fingerprint density at radius 2 is 1.70 bits per heavy atom. The van der Waals surface area contributed by atoms with Crippen LogP contribution in [0, 0.1) is 0 Å². The number of carbonyl (C=O) groups excluding carboxylic acids is 2. The average molecular weight is 363 g/mol. The quantitative estimate of drug-likeness (QED) is 0.829. The predicted octanol–water partition coefficient (Wildman–Crippen LogP) is 3.18. The third-order valence-corrected chi connectivity index (χ3v) is 5.22. The Morgan fingerprint density at radius 1 is 0.963 bits per heavy atom. The van der Waals surface area contributed by atoms with E-state index < -0.39 is 0 Å². The molecule has 2 aromatic carbocycles. The van der Waals surface area contributed by atoms with Crippen molar-refractivity contribution in [3.8, 4) is 0 Å². The lowest BCUT2D eigenvalue weighted by Gasteiger charge is -2.23. The van der Waals surface area contributed by atoms with Crippen LogP contribution in [0.25, 0.3) is 0 Å². The molecular formula is C22H25N3O2. The topological polar surface area (TPSA) is 61.4 Å². The maximum atomic E-state index is 12.4. The van der Waals surface area contributed by atoms with Gasteiger partial charge in [-0.05, 0) is 62.1 Å². The lowest BCUT2D eigenvalue weighted by atomic mass is 10.1. The van der Waals surface area contributed by atoms with Gasteiger partial charge in [0.05, 0.1) is 6.04 Å². The lowest BCUT2D eigenvalue weighted by molar-refractivity contribution is -0.125.